The fraction of sp³-hybridized carbons (Fsp3) is 0.762. The molecular formula is C21H30O. The van der Waals surface area contributed by atoms with Gasteiger partial charge in [-0.25, -0.2) is 0 Å². The molecule has 0 heterocycles. The van der Waals surface area contributed by atoms with Crippen LogP contribution in [0.15, 0.2) is 23.8 Å². The molecule has 4 rings (SSSR count). The normalized spacial score (nSPS) is 50.1. The van der Waals surface area contributed by atoms with Crippen molar-refractivity contribution in [3.05, 3.63) is 23.8 Å². The van der Waals surface area contributed by atoms with Gasteiger partial charge in [-0.3, -0.25) is 4.79 Å². The number of carbonyl (C=O) groups excluding carboxylic acids is 1. The van der Waals surface area contributed by atoms with Crippen LogP contribution in [0.25, 0.3) is 0 Å². The van der Waals surface area contributed by atoms with Gasteiger partial charge >= 0.3 is 0 Å². The average molecular weight is 298 g/mol. The number of rotatable bonds is 1. The van der Waals surface area contributed by atoms with Crippen LogP contribution in [-0.4, -0.2) is 5.78 Å². The highest BCUT2D eigenvalue weighted by molar-refractivity contribution is 5.91. The van der Waals surface area contributed by atoms with Crippen molar-refractivity contribution in [2.24, 2.45) is 34.5 Å². The lowest BCUT2D eigenvalue weighted by Gasteiger charge is -2.58. The van der Waals surface area contributed by atoms with E-state index in [1.54, 1.807) is 0 Å². The van der Waals surface area contributed by atoms with E-state index in [0.717, 1.165) is 36.5 Å². The minimum atomic E-state index is 0.316. The summed E-state index contributed by atoms with van der Waals surface area (Å²) in [6.07, 6.45) is 15.5. The van der Waals surface area contributed by atoms with Gasteiger partial charge in [-0.2, -0.15) is 0 Å². The maximum Gasteiger partial charge on any atom is 0.155 e. The van der Waals surface area contributed by atoms with Crippen molar-refractivity contribution in [2.75, 3.05) is 0 Å². The Morgan fingerprint density at radius 1 is 1.14 bits per heavy atom. The molecule has 0 aromatic carbocycles. The maximum atomic E-state index is 11.8. The van der Waals surface area contributed by atoms with Crippen LogP contribution in [0.1, 0.15) is 65.7 Å². The molecule has 2 fully saturated rings. The van der Waals surface area contributed by atoms with Gasteiger partial charge in [0.25, 0.3) is 0 Å². The number of carbonyl (C=O) groups is 1. The lowest BCUT2D eigenvalue weighted by atomic mass is 9.46. The van der Waals surface area contributed by atoms with Gasteiger partial charge in [0.2, 0.25) is 0 Å². The summed E-state index contributed by atoms with van der Waals surface area (Å²) in [6, 6.07) is 0. The molecule has 4 aliphatic carbocycles. The number of fused-ring (bicyclic) bond motifs is 5. The molecule has 22 heavy (non-hydrogen) atoms. The highest BCUT2D eigenvalue weighted by Crippen LogP contribution is 2.65. The highest BCUT2D eigenvalue weighted by Gasteiger charge is 2.56. The van der Waals surface area contributed by atoms with Crippen molar-refractivity contribution in [3.8, 4) is 0 Å². The second-order valence-electron chi connectivity index (χ2n) is 8.83. The van der Waals surface area contributed by atoms with E-state index < -0.39 is 0 Å². The van der Waals surface area contributed by atoms with E-state index in [4.69, 9.17) is 0 Å². The summed E-state index contributed by atoms with van der Waals surface area (Å²) < 4.78 is 0. The predicted octanol–water partition coefficient (Wildman–Crippen LogP) is 5.32. The molecule has 0 saturated heterocycles. The molecule has 0 radical (unpaired) electrons. The van der Waals surface area contributed by atoms with Gasteiger partial charge in [0, 0.05) is 6.42 Å². The molecule has 1 heteroatoms. The molecule has 6 atom stereocenters. The van der Waals surface area contributed by atoms with Crippen molar-refractivity contribution >= 4 is 5.78 Å². The van der Waals surface area contributed by atoms with Gasteiger partial charge in [0.15, 0.2) is 5.78 Å². The van der Waals surface area contributed by atoms with E-state index >= 15 is 0 Å². The number of hydrogen-bond acceptors (Lipinski definition) is 1. The summed E-state index contributed by atoms with van der Waals surface area (Å²) in [5.41, 5.74) is 2.32. The van der Waals surface area contributed by atoms with Crippen molar-refractivity contribution in [2.45, 2.75) is 65.7 Å². The Hall–Kier alpha value is -0.850. The zero-order chi connectivity index (χ0) is 15.5. The van der Waals surface area contributed by atoms with Crippen molar-refractivity contribution in [1.29, 1.82) is 0 Å². The van der Waals surface area contributed by atoms with Crippen LogP contribution < -0.4 is 0 Å². The Labute approximate surface area is 135 Å². The van der Waals surface area contributed by atoms with Gasteiger partial charge in [-0.05, 0) is 79.1 Å². The second kappa shape index (κ2) is 4.82. The monoisotopic (exact) mass is 298 g/mol. The Kier molecular flexibility index (Phi) is 3.23. The minimum Gasteiger partial charge on any atom is -0.295 e. The summed E-state index contributed by atoms with van der Waals surface area (Å²) in [7, 11) is 0. The summed E-state index contributed by atoms with van der Waals surface area (Å²) >= 11 is 0. The van der Waals surface area contributed by atoms with Crippen LogP contribution in [0.3, 0.4) is 0 Å². The van der Waals surface area contributed by atoms with Crippen LogP contribution in [-0.2, 0) is 4.79 Å². The molecule has 0 aromatic heterocycles. The third kappa shape index (κ3) is 1.80. The highest BCUT2D eigenvalue weighted by atomic mass is 16.1. The molecule has 2 saturated carbocycles. The SMILES string of the molecule is CC[C@H]1C=C[C@H]2[C@@H]3CCC4=CC(=O)CC[C@]4(C)[C@H]3CC[C@]12C. The quantitative estimate of drug-likeness (QED) is 0.599. The summed E-state index contributed by atoms with van der Waals surface area (Å²) in [4.78, 5) is 11.8. The Morgan fingerprint density at radius 3 is 2.73 bits per heavy atom. The van der Waals surface area contributed by atoms with Crippen LogP contribution in [0, 0.1) is 34.5 Å². The predicted molar refractivity (Wildman–Crippen MR) is 90.4 cm³/mol. The summed E-state index contributed by atoms with van der Waals surface area (Å²) in [5.74, 6) is 3.60. The van der Waals surface area contributed by atoms with Gasteiger partial charge in [-0.15, -0.1) is 0 Å². The summed E-state index contributed by atoms with van der Waals surface area (Å²) in [6.45, 7) is 7.38. The number of allylic oxidation sites excluding steroid dienone is 4. The lowest BCUT2D eigenvalue weighted by Crippen LogP contribution is -2.50. The van der Waals surface area contributed by atoms with Crippen LogP contribution in [0.2, 0.25) is 0 Å². The van der Waals surface area contributed by atoms with E-state index in [2.05, 4.69) is 32.9 Å². The van der Waals surface area contributed by atoms with Gasteiger partial charge < -0.3 is 0 Å². The molecular weight excluding hydrogens is 268 g/mol. The largest absolute Gasteiger partial charge is 0.295 e. The Bertz CT molecular complexity index is 556. The van der Waals surface area contributed by atoms with E-state index in [0.29, 0.717) is 16.6 Å². The van der Waals surface area contributed by atoms with Gasteiger partial charge in [0.1, 0.15) is 0 Å². The fourth-order valence-electron chi connectivity index (χ4n) is 6.71. The zero-order valence-electron chi connectivity index (χ0n) is 14.4. The molecule has 0 amide bonds. The molecule has 4 aliphatic rings. The third-order valence-corrected chi connectivity index (χ3v) is 8.10. The lowest BCUT2D eigenvalue weighted by molar-refractivity contribution is -0.117. The van der Waals surface area contributed by atoms with Gasteiger partial charge in [0.05, 0.1) is 0 Å². The third-order valence-electron chi connectivity index (χ3n) is 8.10. The summed E-state index contributed by atoms with van der Waals surface area (Å²) in [5, 5.41) is 0. The molecule has 0 bridgehead atoms. The first-order chi connectivity index (χ1) is 10.5. The van der Waals surface area contributed by atoms with Crippen LogP contribution in [0.4, 0.5) is 0 Å². The molecule has 0 aromatic rings. The molecule has 0 aliphatic heterocycles. The van der Waals surface area contributed by atoms with Crippen LogP contribution in [0.5, 0.6) is 0 Å². The van der Waals surface area contributed by atoms with Gasteiger partial charge in [-0.1, -0.05) is 38.5 Å². The first kappa shape index (κ1) is 14.7. The van der Waals surface area contributed by atoms with Crippen LogP contribution >= 0.6 is 0 Å². The topological polar surface area (TPSA) is 17.1 Å². The molecule has 0 unspecified atom stereocenters. The average Bonchev–Trinajstić information content (AvgIpc) is 2.84. The molecule has 0 N–H and O–H groups in total. The van der Waals surface area contributed by atoms with E-state index in [1.807, 2.05) is 6.08 Å². The van der Waals surface area contributed by atoms with E-state index in [9.17, 15) is 4.79 Å². The molecule has 1 nitrogen and oxygen atoms in total. The van der Waals surface area contributed by atoms with E-state index in [-0.39, 0.29) is 0 Å². The van der Waals surface area contributed by atoms with E-state index in [1.165, 1.54) is 37.7 Å². The minimum absolute atomic E-state index is 0.316. The second-order valence-corrected chi connectivity index (χ2v) is 8.83. The number of hydrogen-bond donors (Lipinski definition) is 0. The zero-order valence-corrected chi connectivity index (χ0v) is 14.4. The number of ketones is 1. The smallest absolute Gasteiger partial charge is 0.155 e. The Morgan fingerprint density at radius 2 is 1.95 bits per heavy atom. The first-order valence-corrected chi connectivity index (χ1v) is 9.41. The van der Waals surface area contributed by atoms with Crippen molar-refractivity contribution in [1.82, 2.24) is 0 Å². The Balaban J connectivity index is 1.68. The molecule has 120 valence electrons. The standard InChI is InChI=1S/C21H30O/c1-4-14-6-8-18-17-7-5-15-13-16(22)9-11-21(15,3)19(17)10-12-20(14,18)2/h6,8,13-14,17-19H,4-5,7,9-12H2,1-3H3/t14-,17-,18-,19-,20+,21-/m0/s1. The van der Waals surface area contributed by atoms with Crippen molar-refractivity contribution < 1.29 is 4.79 Å². The first-order valence-electron chi connectivity index (χ1n) is 9.41. The maximum absolute atomic E-state index is 11.8. The molecule has 0 spiro atoms. The van der Waals surface area contributed by atoms with Crippen molar-refractivity contribution in [3.63, 3.8) is 0 Å². The fourth-order valence-corrected chi connectivity index (χ4v) is 6.71.